The molecule has 1 saturated heterocycles. The van der Waals surface area contributed by atoms with Crippen molar-refractivity contribution in [2.45, 2.75) is 32.6 Å². The highest BCUT2D eigenvalue weighted by atomic mass is 32.2. The molecule has 1 aliphatic rings. The van der Waals surface area contributed by atoms with Crippen LogP contribution in [-0.2, 0) is 10.0 Å². The third-order valence-corrected chi connectivity index (χ3v) is 7.67. The number of aryl methyl sites for hydroxylation is 2. The minimum Gasteiger partial charge on any atom is -0.368 e. The highest BCUT2D eigenvalue weighted by molar-refractivity contribution is 7.89. The molecule has 0 bridgehead atoms. The summed E-state index contributed by atoms with van der Waals surface area (Å²) in [6, 6.07) is 11.7. The van der Waals surface area contributed by atoms with Gasteiger partial charge in [-0.15, -0.1) is 0 Å². The molecular weight excluding hydrogens is 358 g/mol. The van der Waals surface area contributed by atoms with Gasteiger partial charge in [-0.3, -0.25) is 0 Å². The standard InChI is InChI=1S/C21H25N3O2S/c1-15-13-16(2)18(4)21(17(15)3)27(25,26)24-11-9-23(10-12-24)20-8-6-5-7-19(20)14-22/h5-8,13H,9-12H2,1-4H3. The van der Waals surface area contributed by atoms with Gasteiger partial charge >= 0.3 is 0 Å². The van der Waals surface area contributed by atoms with Crippen LogP contribution in [0.4, 0.5) is 5.69 Å². The molecule has 0 atom stereocenters. The van der Waals surface area contributed by atoms with Crippen LogP contribution in [0.5, 0.6) is 0 Å². The van der Waals surface area contributed by atoms with Crippen molar-refractivity contribution in [3.63, 3.8) is 0 Å². The summed E-state index contributed by atoms with van der Waals surface area (Å²) in [6.07, 6.45) is 0. The first kappa shape index (κ1) is 19.4. The monoisotopic (exact) mass is 383 g/mol. The number of nitriles is 1. The van der Waals surface area contributed by atoms with Crippen LogP contribution in [0.2, 0.25) is 0 Å². The lowest BCUT2D eigenvalue weighted by molar-refractivity contribution is 0.384. The maximum absolute atomic E-state index is 13.4. The van der Waals surface area contributed by atoms with Gasteiger partial charge in [0, 0.05) is 26.2 Å². The molecular formula is C21H25N3O2S. The molecule has 0 aromatic heterocycles. The average Bonchev–Trinajstić information content (AvgIpc) is 2.66. The van der Waals surface area contributed by atoms with E-state index >= 15 is 0 Å². The first-order valence-electron chi connectivity index (χ1n) is 9.09. The number of piperazine rings is 1. The van der Waals surface area contributed by atoms with Gasteiger partial charge in [0.15, 0.2) is 0 Å². The average molecular weight is 384 g/mol. The third kappa shape index (κ3) is 3.45. The lowest BCUT2D eigenvalue weighted by atomic mass is 10.0. The summed E-state index contributed by atoms with van der Waals surface area (Å²) in [5.74, 6) is 0. The highest BCUT2D eigenvalue weighted by Gasteiger charge is 2.32. The van der Waals surface area contributed by atoms with E-state index in [0.29, 0.717) is 36.6 Å². The lowest BCUT2D eigenvalue weighted by Crippen LogP contribution is -2.49. The van der Waals surface area contributed by atoms with Crippen molar-refractivity contribution in [2.24, 2.45) is 0 Å². The van der Waals surface area contributed by atoms with Crippen LogP contribution >= 0.6 is 0 Å². The number of para-hydroxylation sites is 1. The van der Waals surface area contributed by atoms with Crippen LogP contribution in [0, 0.1) is 39.0 Å². The maximum Gasteiger partial charge on any atom is 0.243 e. The summed E-state index contributed by atoms with van der Waals surface area (Å²) >= 11 is 0. The van der Waals surface area contributed by atoms with Gasteiger partial charge in [-0.05, 0) is 62.1 Å². The van der Waals surface area contributed by atoms with Gasteiger partial charge in [0.25, 0.3) is 0 Å². The molecule has 0 unspecified atom stereocenters. The molecule has 0 aliphatic carbocycles. The molecule has 0 amide bonds. The van der Waals surface area contributed by atoms with E-state index in [1.165, 1.54) is 0 Å². The zero-order valence-electron chi connectivity index (χ0n) is 16.3. The summed E-state index contributed by atoms with van der Waals surface area (Å²) in [4.78, 5) is 2.54. The Morgan fingerprint density at radius 3 is 2.04 bits per heavy atom. The number of nitrogens with zero attached hydrogens (tertiary/aromatic N) is 3. The molecule has 2 aromatic rings. The van der Waals surface area contributed by atoms with Crippen molar-refractivity contribution in [1.82, 2.24) is 4.31 Å². The molecule has 2 aromatic carbocycles. The Hall–Kier alpha value is -2.36. The van der Waals surface area contributed by atoms with Crippen molar-refractivity contribution >= 4 is 15.7 Å². The number of hydrogen-bond acceptors (Lipinski definition) is 4. The number of rotatable bonds is 3. The minimum absolute atomic E-state index is 0.411. The molecule has 142 valence electrons. The summed E-state index contributed by atoms with van der Waals surface area (Å²) in [6.45, 7) is 9.64. The van der Waals surface area contributed by atoms with Crippen molar-refractivity contribution in [3.05, 3.63) is 58.1 Å². The normalized spacial score (nSPS) is 15.6. The molecule has 1 aliphatic heterocycles. The van der Waals surface area contributed by atoms with Gasteiger partial charge in [0.05, 0.1) is 16.1 Å². The number of anilines is 1. The SMILES string of the molecule is Cc1cc(C)c(C)c(S(=O)(=O)N2CCN(c3ccccc3C#N)CC2)c1C. The van der Waals surface area contributed by atoms with E-state index in [0.717, 1.165) is 27.9 Å². The fourth-order valence-electron chi connectivity index (χ4n) is 3.71. The molecule has 0 saturated carbocycles. The van der Waals surface area contributed by atoms with E-state index in [1.54, 1.807) is 10.4 Å². The number of hydrogen-bond donors (Lipinski definition) is 0. The Morgan fingerprint density at radius 2 is 1.48 bits per heavy atom. The van der Waals surface area contributed by atoms with E-state index in [-0.39, 0.29) is 0 Å². The van der Waals surface area contributed by atoms with Gasteiger partial charge < -0.3 is 4.90 Å². The van der Waals surface area contributed by atoms with E-state index in [1.807, 2.05) is 52.0 Å². The molecule has 3 rings (SSSR count). The van der Waals surface area contributed by atoms with E-state index in [9.17, 15) is 13.7 Å². The van der Waals surface area contributed by atoms with Crippen molar-refractivity contribution < 1.29 is 8.42 Å². The maximum atomic E-state index is 13.4. The number of benzene rings is 2. The molecule has 0 N–H and O–H groups in total. The van der Waals surface area contributed by atoms with Crippen LogP contribution in [0.25, 0.3) is 0 Å². The van der Waals surface area contributed by atoms with Gasteiger partial charge in [-0.1, -0.05) is 18.2 Å². The predicted molar refractivity (Wildman–Crippen MR) is 108 cm³/mol. The molecule has 5 nitrogen and oxygen atoms in total. The van der Waals surface area contributed by atoms with Crippen molar-refractivity contribution in [2.75, 3.05) is 31.1 Å². The second-order valence-corrected chi connectivity index (χ2v) is 8.98. The van der Waals surface area contributed by atoms with Crippen LogP contribution < -0.4 is 4.90 Å². The second kappa shape index (κ2) is 7.34. The van der Waals surface area contributed by atoms with Gasteiger partial charge in [-0.2, -0.15) is 9.57 Å². The third-order valence-electron chi connectivity index (χ3n) is 5.50. The summed E-state index contributed by atoms with van der Waals surface area (Å²) < 4.78 is 28.3. The lowest BCUT2D eigenvalue weighted by Gasteiger charge is -2.36. The zero-order valence-corrected chi connectivity index (χ0v) is 17.1. The van der Waals surface area contributed by atoms with Crippen LogP contribution in [0.1, 0.15) is 27.8 Å². The molecule has 6 heteroatoms. The Labute approximate surface area is 161 Å². The zero-order chi connectivity index (χ0) is 19.8. The fourth-order valence-corrected chi connectivity index (χ4v) is 5.71. The molecule has 0 radical (unpaired) electrons. The Kier molecular flexibility index (Phi) is 5.27. The summed E-state index contributed by atoms with van der Waals surface area (Å²) in [5.41, 5.74) is 5.15. The van der Waals surface area contributed by atoms with Gasteiger partial charge in [0.1, 0.15) is 6.07 Å². The summed E-state index contributed by atoms with van der Waals surface area (Å²) in [7, 11) is -3.55. The topological polar surface area (TPSA) is 64.4 Å². The molecule has 0 spiro atoms. The Balaban J connectivity index is 1.87. The van der Waals surface area contributed by atoms with E-state index < -0.39 is 10.0 Å². The predicted octanol–water partition coefficient (Wildman–Crippen LogP) is 3.30. The fraction of sp³-hybridized carbons (Fsp3) is 0.381. The largest absolute Gasteiger partial charge is 0.368 e. The van der Waals surface area contributed by atoms with Crippen molar-refractivity contribution in [1.29, 1.82) is 5.26 Å². The first-order chi connectivity index (χ1) is 12.8. The van der Waals surface area contributed by atoms with Gasteiger partial charge in [-0.25, -0.2) is 8.42 Å². The quantitative estimate of drug-likeness (QED) is 0.816. The molecule has 1 heterocycles. The Bertz CT molecular complexity index is 988. The smallest absolute Gasteiger partial charge is 0.243 e. The van der Waals surface area contributed by atoms with Crippen LogP contribution in [-0.4, -0.2) is 38.9 Å². The van der Waals surface area contributed by atoms with Gasteiger partial charge in [0.2, 0.25) is 10.0 Å². The molecule has 27 heavy (non-hydrogen) atoms. The van der Waals surface area contributed by atoms with E-state index in [2.05, 4.69) is 11.0 Å². The second-order valence-electron chi connectivity index (χ2n) is 7.11. The first-order valence-corrected chi connectivity index (χ1v) is 10.5. The summed E-state index contributed by atoms with van der Waals surface area (Å²) in [5, 5.41) is 9.31. The van der Waals surface area contributed by atoms with Crippen molar-refractivity contribution in [3.8, 4) is 6.07 Å². The minimum atomic E-state index is -3.55. The van der Waals surface area contributed by atoms with Crippen LogP contribution in [0.3, 0.4) is 0 Å². The number of sulfonamides is 1. The highest BCUT2D eigenvalue weighted by Crippen LogP contribution is 2.30. The Morgan fingerprint density at radius 1 is 0.926 bits per heavy atom. The molecule has 1 fully saturated rings. The van der Waals surface area contributed by atoms with E-state index in [4.69, 9.17) is 0 Å². The van der Waals surface area contributed by atoms with Crippen LogP contribution in [0.15, 0.2) is 35.2 Å².